The second-order valence-corrected chi connectivity index (χ2v) is 6.81. The first-order valence-electron chi connectivity index (χ1n) is 9.01. The van der Waals surface area contributed by atoms with Crippen molar-refractivity contribution in [2.75, 3.05) is 31.3 Å². The number of benzene rings is 2. The molecule has 0 atom stereocenters. The van der Waals surface area contributed by atoms with Crippen LogP contribution in [0.5, 0.6) is 5.75 Å². The van der Waals surface area contributed by atoms with Crippen LogP contribution in [0.2, 0.25) is 0 Å². The lowest BCUT2D eigenvalue weighted by Crippen LogP contribution is -2.41. The van der Waals surface area contributed by atoms with Crippen LogP contribution >= 0.6 is 0 Å². The number of carbonyl (C=O) groups is 1. The molecule has 2 aliphatic heterocycles. The van der Waals surface area contributed by atoms with Crippen molar-refractivity contribution in [2.24, 2.45) is 0 Å². The Labute approximate surface area is 153 Å². The topological polar surface area (TPSA) is 48.0 Å². The number of carbonyl (C=O) groups excluding carboxylic acids is 1. The quantitative estimate of drug-likeness (QED) is 0.774. The molecule has 2 aromatic carbocycles. The SMILES string of the molecule is Cc1cccc(OCCCN2C(=O)C3(OCCO3)c3cc(C)ccc32)c1. The molecule has 5 heteroatoms. The Bertz CT molecular complexity index is 827. The zero-order chi connectivity index (χ0) is 18.1. The van der Waals surface area contributed by atoms with Crippen molar-refractivity contribution in [1.29, 1.82) is 0 Å². The Kier molecular flexibility index (Phi) is 4.42. The predicted octanol–water partition coefficient (Wildman–Crippen LogP) is 3.32. The lowest BCUT2D eigenvalue weighted by molar-refractivity contribution is -0.180. The number of aryl methyl sites for hydroxylation is 2. The van der Waals surface area contributed by atoms with Crippen LogP contribution in [0, 0.1) is 13.8 Å². The average Bonchev–Trinajstić information content (AvgIpc) is 3.20. The van der Waals surface area contributed by atoms with Crippen molar-refractivity contribution in [2.45, 2.75) is 26.1 Å². The molecule has 0 bridgehead atoms. The Morgan fingerprint density at radius 3 is 2.62 bits per heavy atom. The van der Waals surface area contributed by atoms with Crippen molar-refractivity contribution in [3.63, 3.8) is 0 Å². The summed E-state index contributed by atoms with van der Waals surface area (Å²) >= 11 is 0. The molecule has 1 amide bonds. The molecule has 1 spiro atoms. The molecule has 0 aliphatic carbocycles. The number of anilines is 1. The fourth-order valence-electron chi connectivity index (χ4n) is 3.58. The van der Waals surface area contributed by atoms with Gasteiger partial charge in [0.05, 0.1) is 25.5 Å². The number of hydrogen-bond donors (Lipinski definition) is 0. The van der Waals surface area contributed by atoms with E-state index >= 15 is 0 Å². The van der Waals surface area contributed by atoms with Crippen LogP contribution < -0.4 is 9.64 Å². The van der Waals surface area contributed by atoms with Crippen molar-refractivity contribution in [3.05, 3.63) is 59.2 Å². The lowest BCUT2D eigenvalue weighted by atomic mass is 10.0. The third-order valence-corrected chi connectivity index (χ3v) is 4.80. The smallest absolute Gasteiger partial charge is 0.292 e. The van der Waals surface area contributed by atoms with Gasteiger partial charge in [-0.25, -0.2) is 0 Å². The molecule has 4 rings (SSSR count). The molecular weight excluding hydrogens is 330 g/mol. The molecule has 0 aromatic heterocycles. The van der Waals surface area contributed by atoms with Gasteiger partial charge < -0.3 is 19.1 Å². The second-order valence-electron chi connectivity index (χ2n) is 6.81. The molecular formula is C21H23NO4. The van der Waals surface area contributed by atoms with E-state index in [0.717, 1.165) is 29.0 Å². The van der Waals surface area contributed by atoms with E-state index in [0.29, 0.717) is 26.4 Å². The third-order valence-electron chi connectivity index (χ3n) is 4.80. The van der Waals surface area contributed by atoms with E-state index in [1.54, 1.807) is 4.90 Å². The summed E-state index contributed by atoms with van der Waals surface area (Å²) in [6, 6.07) is 13.9. The van der Waals surface area contributed by atoms with E-state index in [-0.39, 0.29) is 5.91 Å². The zero-order valence-electron chi connectivity index (χ0n) is 15.2. The van der Waals surface area contributed by atoms with Gasteiger partial charge in [-0.2, -0.15) is 0 Å². The third kappa shape index (κ3) is 2.87. The summed E-state index contributed by atoms with van der Waals surface area (Å²) in [4.78, 5) is 14.8. The minimum absolute atomic E-state index is 0.133. The molecule has 0 unspecified atom stereocenters. The molecule has 1 saturated heterocycles. The van der Waals surface area contributed by atoms with E-state index in [1.807, 2.05) is 56.3 Å². The number of hydrogen-bond acceptors (Lipinski definition) is 4. The summed E-state index contributed by atoms with van der Waals surface area (Å²) in [6.45, 7) is 6.02. The molecule has 0 radical (unpaired) electrons. The Balaban J connectivity index is 1.46. The van der Waals surface area contributed by atoms with Gasteiger partial charge >= 0.3 is 0 Å². The number of fused-ring (bicyclic) bond motifs is 2. The molecule has 2 aliphatic rings. The Morgan fingerprint density at radius 2 is 1.85 bits per heavy atom. The fourth-order valence-corrected chi connectivity index (χ4v) is 3.58. The minimum Gasteiger partial charge on any atom is -0.494 e. The van der Waals surface area contributed by atoms with Gasteiger partial charge in [-0.05, 0) is 50.1 Å². The van der Waals surface area contributed by atoms with Crippen LogP contribution in [-0.4, -0.2) is 32.3 Å². The minimum atomic E-state index is -1.25. The molecule has 0 N–H and O–H groups in total. The molecule has 5 nitrogen and oxygen atoms in total. The maximum atomic E-state index is 13.0. The highest BCUT2D eigenvalue weighted by atomic mass is 16.7. The largest absolute Gasteiger partial charge is 0.494 e. The lowest BCUT2D eigenvalue weighted by Gasteiger charge is -2.22. The van der Waals surface area contributed by atoms with Gasteiger partial charge in [0.1, 0.15) is 5.75 Å². The maximum absolute atomic E-state index is 13.0. The first kappa shape index (κ1) is 17.1. The summed E-state index contributed by atoms with van der Waals surface area (Å²) in [6.07, 6.45) is 0.725. The summed E-state index contributed by atoms with van der Waals surface area (Å²) in [5, 5.41) is 0. The van der Waals surface area contributed by atoms with Crippen LogP contribution in [-0.2, 0) is 20.1 Å². The fraction of sp³-hybridized carbons (Fsp3) is 0.381. The van der Waals surface area contributed by atoms with Crippen molar-refractivity contribution >= 4 is 11.6 Å². The molecule has 0 saturated carbocycles. The molecule has 1 fully saturated rings. The molecule has 26 heavy (non-hydrogen) atoms. The van der Waals surface area contributed by atoms with Crippen LogP contribution in [0.25, 0.3) is 0 Å². The first-order valence-corrected chi connectivity index (χ1v) is 9.01. The summed E-state index contributed by atoms with van der Waals surface area (Å²) in [5.41, 5.74) is 3.94. The van der Waals surface area contributed by atoms with Gasteiger partial charge in [0.25, 0.3) is 11.7 Å². The van der Waals surface area contributed by atoms with E-state index in [4.69, 9.17) is 14.2 Å². The first-order chi connectivity index (χ1) is 12.6. The average molecular weight is 353 g/mol. The molecule has 2 heterocycles. The van der Waals surface area contributed by atoms with E-state index in [2.05, 4.69) is 0 Å². The molecule has 2 aromatic rings. The van der Waals surface area contributed by atoms with Crippen molar-refractivity contribution in [1.82, 2.24) is 0 Å². The number of amides is 1. The van der Waals surface area contributed by atoms with Gasteiger partial charge in [-0.1, -0.05) is 23.8 Å². The predicted molar refractivity (Wildman–Crippen MR) is 98.4 cm³/mol. The van der Waals surface area contributed by atoms with E-state index < -0.39 is 5.79 Å². The number of rotatable bonds is 5. The normalized spacial score (nSPS) is 17.8. The highest BCUT2D eigenvalue weighted by molar-refractivity contribution is 6.06. The standard InChI is InChI=1S/C21H23NO4/c1-15-5-3-6-17(13-15)24-10-4-9-22-19-8-7-16(2)14-18(19)21(20(22)23)25-11-12-26-21/h3,5-8,13-14H,4,9-12H2,1-2H3. The zero-order valence-corrected chi connectivity index (χ0v) is 15.2. The van der Waals surface area contributed by atoms with Gasteiger partial charge in [-0.3, -0.25) is 4.79 Å². The van der Waals surface area contributed by atoms with Crippen LogP contribution in [0.3, 0.4) is 0 Å². The van der Waals surface area contributed by atoms with Gasteiger partial charge in [-0.15, -0.1) is 0 Å². The second kappa shape index (κ2) is 6.74. The maximum Gasteiger partial charge on any atom is 0.292 e. The Hall–Kier alpha value is -2.37. The number of ether oxygens (including phenoxy) is 3. The monoisotopic (exact) mass is 353 g/mol. The van der Waals surface area contributed by atoms with Crippen LogP contribution in [0.1, 0.15) is 23.1 Å². The summed E-state index contributed by atoms with van der Waals surface area (Å²) in [7, 11) is 0. The van der Waals surface area contributed by atoms with Crippen molar-refractivity contribution in [3.8, 4) is 5.75 Å². The molecule has 136 valence electrons. The van der Waals surface area contributed by atoms with Gasteiger partial charge in [0, 0.05) is 12.1 Å². The van der Waals surface area contributed by atoms with E-state index in [1.165, 1.54) is 5.56 Å². The highest BCUT2D eigenvalue weighted by Crippen LogP contribution is 2.46. The number of nitrogens with zero attached hydrogens (tertiary/aromatic N) is 1. The van der Waals surface area contributed by atoms with Crippen LogP contribution in [0.15, 0.2) is 42.5 Å². The Morgan fingerprint density at radius 1 is 1.08 bits per heavy atom. The summed E-state index contributed by atoms with van der Waals surface area (Å²) < 4.78 is 17.3. The summed E-state index contributed by atoms with van der Waals surface area (Å²) in [5.74, 6) is -0.530. The van der Waals surface area contributed by atoms with Gasteiger partial charge in [0.15, 0.2) is 0 Å². The highest BCUT2D eigenvalue weighted by Gasteiger charge is 2.55. The van der Waals surface area contributed by atoms with Crippen LogP contribution in [0.4, 0.5) is 5.69 Å². The van der Waals surface area contributed by atoms with E-state index in [9.17, 15) is 4.79 Å². The van der Waals surface area contributed by atoms with Crippen molar-refractivity contribution < 1.29 is 19.0 Å². The van der Waals surface area contributed by atoms with Gasteiger partial charge in [0.2, 0.25) is 0 Å².